The second kappa shape index (κ2) is 8.11. The van der Waals surface area contributed by atoms with E-state index in [1.807, 2.05) is 6.07 Å². The highest BCUT2D eigenvalue weighted by molar-refractivity contribution is 6.12. The number of rotatable bonds is 6. The molecule has 0 aromatic heterocycles. The molecule has 0 radical (unpaired) electrons. The number of hydrogen-bond acceptors (Lipinski definition) is 4. The van der Waals surface area contributed by atoms with Gasteiger partial charge in [-0.1, -0.05) is 60.7 Å². The summed E-state index contributed by atoms with van der Waals surface area (Å²) in [7, 11) is 3.89. The van der Waals surface area contributed by atoms with Gasteiger partial charge in [-0.25, -0.2) is 4.99 Å². The van der Waals surface area contributed by atoms with Gasteiger partial charge in [0.15, 0.2) is 0 Å². The molecule has 0 N–H and O–H groups in total. The van der Waals surface area contributed by atoms with Gasteiger partial charge in [-0.2, -0.15) is 0 Å². The molecule has 0 fully saturated rings. The molecule has 1 aliphatic rings. The van der Waals surface area contributed by atoms with Crippen molar-refractivity contribution in [3.8, 4) is 0 Å². The monoisotopic (exact) mass is 402 g/mol. The molecule has 0 bridgehead atoms. The first-order valence-electron chi connectivity index (χ1n) is 10.5. The molecule has 2 atom stereocenters. The van der Waals surface area contributed by atoms with E-state index in [1.54, 1.807) is 7.11 Å². The molecule has 1 heterocycles. The Labute approximate surface area is 179 Å². The molecule has 3 aromatic rings. The van der Waals surface area contributed by atoms with Gasteiger partial charge in [0, 0.05) is 14.2 Å². The number of likely N-dealkylation sites (N-methyl/N-ethyl adjacent to an activating group) is 1. The Kier molecular flexibility index (Phi) is 5.52. The number of aliphatic imine (C=N–C) groups is 1. The highest BCUT2D eigenvalue weighted by Gasteiger charge is 2.31. The summed E-state index contributed by atoms with van der Waals surface area (Å²) in [6.07, 6.45) is -0.0570. The predicted octanol–water partition coefficient (Wildman–Crippen LogP) is 5.61. The van der Waals surface area contributed by atoms with Crippen LogP contribution in [0.25, 0.3) is 10.8 Å². The van der Waals surface area contributed by atoms with Crippen LogP contribution in [0.4, 0.5) is 5.69 Å². The first-order chi connectivity index (χ1) is 14.4. The number of fused-ring (bicyclic) bond motifs is 1. The summed E-state index contributed by atoms with van der Waals surface area (Å²) < 4.78 is 12.0. The Morgan fingerprint density at radius 2 is 1.70 bits per heavy atom. The van der Waals surface area contributed by atoms with Crippen LogP contribution in [0, 0.1) is 0 Å². The van der Waals surface area contributed by atoms with Crippen LogP contribution in [0.2, 0.25) is 0 Å². The lowest BCUT2D eigenvalue weighted by Gasteiger charge is -2.34. The van der Waals surface area contributed by atoms with Crippen molar-refractivity contribution in [1.29, 1.82) is 0 Å². The van der Waals surface area contributed by atoms with Crippen LogP contribution in [0.1, 0.15) is 38.0 Å². The molecule has 4 rings (SSSR count). The lowest BCUT2D eigenvalue weighted by molar-refractivity contribution is 0.0838. The van der Waals surface area contributed by atoms with E-state index in [1.165, 1.54) is 5.39 Å². The number of benzene rings is 3. The molecule has 0 aliphatic carbocycles. The van der Waals surface area contributed by atoms with E-state index in [4.69, 9.17) is 14.5 Å². The SMILES string of the molecule is CO[C@H](c1ccccc1)[C@H](C)N(C)c1ccc2ccccc2c1C1=NC(C)(C)CO1. The average molecular weight is 403 g/mol. The molecule has 0 saturated heterocycles. The average Bonchev–Trinajstić information content (AvgIpc) is 3.12. The van der Waals surface area contributed by atoms with Crippen molar-refractivity contribution in [2.75, 3.05) is 25.7 Å². The zero-order valence-corrected chi connectivity index (χ0v) is 18.4. The van der Waals surface area contributed by atoms with E-state index in [0.29, 0.717) is 6.61 Å². The first-order valence-corrected chi connectivity index (χ1v) is 10.5. The zero-order chi connectivity index (χ0) is 21.3. The van der Waals surface area contributed by atoms with E-state index in [-0.39, 0.29) is 17.7 Å². The van der Waals surface area contributed by atoms with Crippen molar-refractivity contribution in [3.05, 3.63) is 77.9 Å². The van der Waals surface area contributed by atoms with E-state index >= 15 is 0 Å². The van der Waals surface area contributed by atoms with Gasteiger partial charge in [0.2, 0.25) is 5.90 Å². The minimum atomic E-state index is -0.215. The molecule has 3 aromatic carbocycles. The summed E-state index contributed by atoms with van der Waals surface area (Å²) in [5, 5.41) is 2.33. The molecule has 4 heteroatoms. The lowest BCUT2D eigenvalue weighted by Crippen LogP contribution is -2.36. The lowest BCUT2D eigenvalue weighted by atomic mass is 9.98. The quantitative estimate of drug-likeness (QED) is 0.538. The standard InChI is InChI=1S/C26H30N2O2/c1-18(24(29-5)20-12-7-6-8-13-20)28(4)22-16-15-19-11-9-10-14-21(19)23(22)25-27-26(2,3)17-30-25/h6-16,18,24H,17H2,1-5H3/t18-,24-/m0/s1. The number of anilines is 1. The van der Waals surface area contributed by atoms with Crippen molar-refractivity contribution >= 4 is 22.4 Å². The summed E-state index contributed by atoms with van der Waals surface area (Å²) in [6.45, 7) is 7.00. The number of ether oxygens (including phenoxy) is 2. The summed E-state index contributed by atoms with van der Waals surface area (Å²) in [4.78, 5) is 7.18. The minimum Gasteiger partial charge on any atom is -0.475 e. The van der Waals surface area contributed by atoms with Gasteiger partial charge >= 0.3 is 0 Å². The fraction of sp³-hybridized carbons (Fsp3) is 0.346. The van der Waals surface area contributed by atoms with Crippen LogP contribution >= 0.6 is 0 Å². The van der Waals surface area contributed by atoms with Crippen LogP contribution in [0.15, 0.2) is 71.7 Å². The molecule has 30 heavy (non-hydrogen) atoms. The van der Waals surface area contributed by atoms with Gasteiger partial charge in [0.1, 0.15) is 12.7 Å². The molecule has 0 amide bonds. The van der Waals surface area contributed by atoms with Gasteiger partial charge in [0.25, 0.3) is 0 Å². The first kappa shape index (κ1) is 20.4. The van der Waals surface area contributed by atoms with Crippen LogP contribution in [0.5, 0.6) is 0 Å². The molecular weight excluding hydrogens is 372 g/mol. The highest BCUT2D eigenvalue weighted by Crippen LogP contribution is 2.35. The van der Waals surface area contributed by atoms with Crippen LogP contribution in [-0.2, 0) is 9.47 Å². The van der Waals surface area contributed by atoms with E-state index in [0.717, 1.165) is 28.1 Å². The highest BCUT2D eigenvalue weighted by atomic mass is 16.5. The van der Waals surface area contributed by atoms with E-state index in [9.17, 15) is 0 Å². The van der Waals surface area contributed by atoms with Crippen molar-refractivity contribution in [2.45, 2.75) is 38.5 Å². The zero-order valence-electron chi connectivity index (χ0n) is 18.4. The fourth-order valence-corrected chi connectivity index (χ4v) is 4.17. The molecule has 0 saturated carbocycles. The second-order valence-corrected chi connectivity index (χ2v) is 8.62. The maximum absolute atomic E-state index is 6.10. The fourth-order valence-electron chi connectivity index (χ4n) is 4.17. The number of nitrogens with zero attached hydrogens (tertiary/aromatic N) is 2. The number of methoxy groups -OCH3 is 1. The van der Waals surface area contributed by atoms with Gasteiger partial charge in [0.05, 0.1) is 22.8 Å². The van der Waals surface area contributed by atoms with Crippen LogP contribution in [-0.4, -0.2) is 38.2 Å². The largest absolute Gasteiger partial charge is 0.475 e. The van der Waals surface area contributed by atoms with Crippen LogP contribution in [0.3, 0.4) is 0 Å². The van der Waals surface area contributed by atoms with Crippen LogP contribution < -0.4 is 4.90 Å². The second-order valence-electron chi connectivity index (χ2n) is 8.62. The maximum Gasteiger partial charge on any atom is 0.219 e. The third-order valence-electron chi connectivity index (χ3n) is 5.90. The Balaban J connectivity index is 1.81. The van der Waals surface area contributed by atoms with Gasteiger partial charge in [-0.05, 0) is 43.2 Å². The molecule has 4 nitrogen and oxygen atoms in total. The Hall–Kier alpha value is -2.85. The Morgan fingerprint density at radius 3 is 2.37 bits per heavy atom. The predicted molar refractivity (Wildman–Crippen MR) is 125 cm³/mol. The van der Waals surface area contributed by atoms with Crippen molar-refractivity contribution in [3.63, 3.8) is 0 Å². The Morgan fingerprint density at radius 1 is 1.00 bits per heavy atom. The number of hydrogen-bond donors (Lipinski definition) is 0. The van der Waals surface area contributed by atoms with Crippen molar-refractivity contribution in [1.82, 2.24) is 0 Å². The van der Waals surface area contributed by atoms with Gasteiger partial charge in [-0.3, -0.25) is 0 Å². The maximum atomic E-state index is 6.10. The third kappa shape index (κ3) is 3.80. The topological polar surface area (TPSA) is 34.1 Å². The van der Waals surface area contributed by atoms with Gasteiger partial charge < -0.3 is 14.4 Å². The van der Waals surface area contributed by atoms with Crippen molar-refractivity contribution in [2.24, 2.45) is 4.99 Å². The molecule has 1 aliphatic heterocycles. The summed E-state index contributed by atoms with van der Waals surface area (Å²) >= 11 is 0. The summed E-state index contributed by atoms with van der Waals surface area (Å²) in [6, 6.07) is 23.2. The minimum absolute atomic E-state index is 0.0570. The van der Waals surface area contributed by atoms with Crippen molar-refractivity contribution < 1.29 is 9.47 Å². The normalized spacial score (nSPS) is 17.3. The third-order valence-corrected chi connectivity index (χ3v) is 5.90. The summed E-state index contributed by atoms with van der Waals surface area (Å²) in [5.74, 6) is 0.722. The molecule has 156 valence electrons. The van der Waals surface area contributed by atoms with Gasteiger partial charge in [-0.15, -0.1) is 0 Å². The molecule has 0 spiro atoms. The van der Waals surface area contributed by atoms with E-state index < -0.39 is 0 Å². The molecule has 0 unspecified atom stereocenters. The smallest absolute Gasteiger partial charge is 0.219 e. The molecular formula is C26H30N2O2. The Bertz CT molecular complexity index is 1060. The summed E-state index contributed by atoms with van der Waals surface area (Å²) in [5.41, 5.74) is 3.09. The van der Waals surface area contributed by atoms with E-state index in [2.05, 4.69) is 93.4 Å².